The average molecular weight is 460 g/mol. The van der Waals surface area contributed by atoms with Gasteiger partial charge in [0.2, 0.25) is 0 Å². The van der Waals surface area contributed by atoms with Crippen molar-refractivity contribution in [1.82, 2.24) is 5.32 Å². The van der Waals surface area contributed by atoms with Crippen molar-refractivity contribution in [2.75, 3.05) is 20.3 Å². The van der Waals surface area contributed by atoms with Crippen LogP contribution in [0.2, 0.25) is 0 Å². The van der Waals surface area contributed by atoms with E-state index in [0.717, 1.165) is 21.5 Å². The van der Waals surface area contributed by atoms with Gasteiger partial charge in [0.1, 0.15) is 13.2 Å². The van der Waals surface area contributed by atoms with E-state index >= 15 is 0 Å². The average Bonchev–Trinajstić information content (AvgIpc) is 2.51. The molecule has 5 heteroatoms. The summed E-state index contributed by atoms with van der Waals surface area (Å²) in [7, 11) is 1.97. The van der Waals surface area contributed by atoms with E-state index in [-0.39, 0.29) is 6.04 Å². The summed E-state index contributed by atoms with van der Waals surface area (Å²) in [6.45, 7) is 1.22. The lowest BCUT2D eigenvalue weighted by molar-refractivity contribution is 0.171. The SMILES string of the molecule is CNC(c1ccc2c(c1)OCCO2)c1cc(Br)ccc1I. The zero-order valence-corrected chi connectivity index (χ0v) is 15.3. The smallest absolute Gasteiger partial charge is 0.161 e. The molecule has 0 aromatic heterocycles. The summed E-state index contributed by atoms with van der Waals surface area (Å²) in [5.41, 5.74) is 2.40. The maximum atomic E-state index is 5.68. The second-order valence-electron chi connectivity index (χ2n) is 4.79. The van der Waals surface area contributed by atoms with Crippen LogP contribution < -0.4 is 14.8 Å². The first-order valence-electron chi connectivity index (χ1n) is 6.71. The Morgan fingerprint density at radius 3 is 2.62 bits per heavy atom. The molecule has 0 fully saturated rings. The third kappa shape index (κ3) is 3.19. The molecule has 1 N–H and O–H groups in total. The molecule has 21 heavy (non-hydrogen) atoms. The molecule has 2 aromatic carbocycles. The van der Waals surface area contributed by atoms with E-state index in [2.05, 4.69) is 74.2 Å². The normalized spacial score (nSPS) is 14.8. The van der Waals surface area contributed by atoms with Gasteiger partial charge in [-0.05, 0) is 71.1 Å². The largest absolute Gasteiger partial charge is 0.486 e. The van der Waals surface area contributed by atoms with Crippen LogP contribution >= 0.6 is 38.5 Å². The number of nitrogens with one attached hydrogen (secondary N) is 1. The molecular formula is C16H15BrINO2. The molecule has 2 aromatic rings. The molecule has 0 bridgehead atoms. The number of benzene rings is 2. The van der Waals surface area contributed by atoms with E-state index < -0.39 is 0 Å². The summed E-state index contributed by atoms with van der Waals surface area (Å²) >= 11 is 5.92. The number of rotatable bonds is 3. The molecule has 0 spiro atoms. The molecule has 3 rings (SSSR count). The third-order valence-corrected chi connectivity index (χ3v) is 4.93. The molecule has 1 unspecified atom stereocenters. The van der Waals surface area contributed by atoms with Gasteiger partial charge in [-0.25, -0.2) is 0 Å². The second kappa shape index (κ2) is 6.54. The first kappa shape index (κ1) is 15.1. The van der Waals surface area contributed by atoms with Crippen molar-refractivity contribution in [3.05, 3.63) is 55.6 Å². The fourth-order valence-corrected chi connectivity index (χ4v) is 3.50. The van der Waals surface area contributed by atoms with Gasteiger partial charge in [0.05, 0.1) is 6.04 Å². The predicted octanol–water partition coefficient (Wildman–Crippen LogP) is 4.13. The van der Waals surface area contributed by atoms with Crippen LogP contribution in [0.4, 0.5) is 0 Å². The van der Waals surface area contributed by atoms with Gasteiger partial charge >= 0.3 is 0 Å². The van der Waals surface area contributed by atoms with E-state index in [9.17, 15) is 0 Å². The van der Waals surface area contributed by atoms with Crippen LogP contribution in [-0.4, -0.2) is 20.3 Å². The first-order chi connectivity index (χ1) is 10.2. The lowest BCUT2D eigenvalue weighted by Gasteiger charge is -2.23. The zero-order chi connectivity index (χ0) is 14.8. The molecule has 1 atom stereocenters. The Bertz CT molecular complexity index is 663. The summed E-state index contributed by atoms with van der Waals surface area (Å²) in [5, 5.41) is 3.39. The Labute approximate surface area is 146 Å². The number of hydrogen-bond donors (Lipinski definition) is 1. The van der Waals surface area contributed by atoms with Gasteiger partial charge in [-0.15, -0.1) is 0 Å². The van der Waals surface area contributed by atoms with Gasteiger partial charge < -0.3 is 14.8 Å². The highest BCUT2D eigenvalue weighted by molar-refractivity contribution is 14.1. The Morgan fingerprint density at radius 1 is 1.10 bits per heavy atom. The molecule has 0 saturated heterocycles. The number of ether oxygens (including phenoxy) is 2. The summed E-state index contributed by atoms with van der Waals surface area (Å²) < 4.78 is 13.6. The quantitative estimate of drug-likeness (QED) is 0.700. The summed E-state index contributed by atoms with van der Waals surface area (Å²) in [5.74, 6) is 1.65. The Hall–Kier alpha value is -0.790. The summed E-state index contributed by atoms with van der Waals surface area (Å²) in [6, 6.07) is 12.6. The number of fused-ring (bicyclic) bond motifs is 1. The van der Waals surface area contributed by atoms with E-state index in [1.54, 1.807) is 0 Å². The molecule has 0 saturated carbocycles. The van der Waals surface area contributed by atoms with Gasteiger partial charge in [0.25, 0.3) is 0 Å². The molecule has 0 aliphatic carbocycles. The van der Waals surface area contributed by atoms with Crippen molar-refractivity contribution in [3.8, 4) is 11.5 Å². The molecule has 0 radical (unpaired) electrons. The van der Waals surface area contributed by atoms with E-state index in [1.807, 2.05) is 13.1 Å². The molecule has 0 amide bonds. The van der Waals surface area contributed by atoms with Crippen LogP contribution in [0, 0.1) is 3.57 Å². The summed E-state index contributed by atoms with van der Waals surface area (Å²) in [4.78, 5) is 0. The van der Waals surface area contributed by atoms with Crippen LogP contribution in [0.3, 0.4) is 0 Å². The van der Waals surface area contributed by atoms with Crippen molar-refractivity contribution in [2.24, 2.45) is 0 Å². The lowest BCUT2D eigenvalue weighted by atomic mass is 9.98. The fraction of sp³-hybridized carbons (Fsp3) is 0.250. The Kier molecular flexibility index (Phi) is 4.71. The van der Waals surface area contributed by atoms with Crippen molar-refractivity contribution in [2.45, 2.75) is 6.04 Å². The zero-order valence-electron chi connectivity index (χ0n) is 11.5. The minimum absolute atomic E-state index is 0.116. The van der Waals surface area contributed by atoms with Crippen LogP contribution in [-0.2, 0) is 0 Å². The topological polar surface area (TPSA) is 30.5 Å². The summed E-state index contributed by atoms with van der Waals surface area (Å²) in [6.07, 6.45) is 0. The van der Waals surface area contributed by atoms with Crippen LogP contribution in [0.1, 0.15) is 17.2 Å². The fourth-order valence-electron chi connectivity index (χ4n) is 2.48. The predicted molar refractivity (Wildman–Crippen MR) is 95.2 cm³/mol. The molecule has 1 aliphatic heterocycles. The standard InChI is InChI=1S/C16H15BrINO2/c1-19-16(12-9-11(17)3-4-13(12)18)10-2-5-14-15(8-10)21-7-6-20-14/h2-5,8-9,16,19H,6-7H2,1H3. The minimum atomic E-state index is 0.116. The molecular weight excluding hydrogens is 445 g/mol. The number of hydrogen-bond acceptors (Lipinski definition) is 3. The maximum Gasteiger partial charge on any atom is 0.161 e. The van der Waals surface area contributed by atoms with Gasteiger partial charge in [-0.2, -0.15) is 0 Å². The van der Waals surface area contributed by atoms with Crippen molar-refractivity contribution in [1.29, 1.82) is 0 Å². The minimum Gasteiger partial charge on any atom is -0.486 e. The van der Waals surface area contributed by atoms with Gasteiger partial charge in [-0.3, -0.25) is 0 Å². The third-order valence-electron chi connectivity index (χ3n) is 3.46. The van der Waals surface area contributed by atoms with Gasteiger partial charge in [0, 0.05) is 8.04 Å². The Morgan fingerprint density at radius 2 is 1.86 bits per heavy atom. The molecule has 3 nitrogen and oxygen atoms in total. The molecule has 110 valence electrons. The lowest BCUT2D eigenvalue weighted by Crippen LogP contribution is -2.20. The molecule has 1 heterocycles. The molecule has 1 aliphatic rings. The van der Waals surface area contributed by atoms with E-state index in [4.69, 9.17) is 9.47 Å². The highest BCUT2D eigenvalue weighted by Gasteiger charge is 2.19. The van der Waals surface area contributed by atoms with Crippen molar-refractivity contribution >= 4 is 38.5 Å². The van der Waals surface area contributed by atoms with E-state index in [0.29, 0.717) is 13.2 Å². The maximum absolute atomic E-state index is 5.68. The van der Waals surface area contributed by atoms with Crippen LogP contribution in [0.15, 0.2) is 40.9 Å². The Balaban J connectivity index is 2.01. The van der Waals surface area contributed by atoms with Crippen LogP contribution in [0.5, 0.6) is 11.5 Å². The first-order valence-corrected chi connectivity index (χ1v) is 8.58. The highest BCUT2D eigenvalue weighted by atomic mass is 127. The highest BCUT2D eigenvalue weighted by Crippen LogP contribution is 2.35. The van der Waals surface area contributed by atoms with Crippen LogP contribution in [0.25, 0.3) is 0 Å². The van der Waals surface area contributed by atoms with Gasteiger partial charge in [-0.1, -0.05) is 22.0 Å². The van der Waals surface area contributed by atoms with Gasteiger partial charge in [0.15, 0.2) is 11.5 Å². The van der Waals surface area contributed by atoms with Crippen molar-refractivity contribution < 1.29 is 9.47 Å². The van der Waals surface area contributed by atoms with Crippen molar-refractivity contribution in [3.63, 3.8) is 0 Å². The van der Waals surface area contributed by atoms with E-state index in [1.165, 1.54) is 9.13 Å². The number of halogens is 2. The second-order valence-corrected chi connectivity index (χ2v) is 6.87. The monoisotopic (exact) mass is 459 g/mol.